The Bertz CT molecular complexity index is 507. The van der Waals surface area contributed by atoms with Gasteiger partial charge in [0.15, 0.2) is 0 Å². The van der Waals surface area contributed by atoms with Gasteiger partial charge in [0.25, 0.3) is 0 Å². The van der Waals surface area contributed by atoms with Gasteiger partial charge in [-0.05, 0) is 36.0 Å². The fourth-order valence-electron chi connectivity index (χ4n) is 2.25. The molecule has 2 amide bonds. The van der Waals surface area contributed by atoms with Crippen LogP contribution in [0.15, 0.2) is 24.3 Å². The summed E-state index contributed by atoms with van der Waals surface area (Å²) in [5.41, 5.74) is 2.05. The van der Waals surface area contributed by atoms with Crippen molar-refractivity contribution >= 4 is 17.5 Å². The maximum absolute atomic E-state index is 12.0. The summed E-state index contributed by atoms with van der Waals surface area (Å²) in [6.07, 6.45) is 1.28. The van der Waals surface area contributed by atoms with Crippen LogP contribution in [0, 0.1) is 5.92 Å². The van der Waals surface area contributed by atoms with Crippen molar-refractivity contribution in [2.24, 2.45) is 5.92 Å². The first-order chi connectivity index (χ1) is 10.8. The maximum Gasteiger partial charge on any atom is 0.226 e. The molecule has 0 radical (unpaired) electrons. The Kier molecular flexibility index (Phi) is 7.79. The predicted octanol–water partition coefficient (Wildman–Crippen LogP) is 4.03. The van der Waals surface area contributed by atoms with E-state index in [1.807, 2.05) is 24.3 Å². The summed E-state index contributed by atoms with van der Waals surface area (Å²) in [5.74, 6) is 0.993. The molecule has 0 saturated heterocycles. The molecule has 1 aromatic rings. The normalized spacial score (nSPS) is 10.9. The van der Waals surface area contributed by atoms with Crippen molar-refractivity contribution in [1.82, 2.24) is 4.90 Å². The number of anilines is 1. The number of hydrogen-bond acceptors (Lipinski definition) is 2. The second-order valence-electron chi connectivity index (χ2n) is 6.76. The summed E-state index contributed by atoms with van der Waals surface area (Å²) in [5, 5.41) is 2.89. The average molecular weight is 318 g/mol. The Morgan fingerprint density at radius 3 is 2.13 bits per heavy atom. The van der Waals surface area contributed by atoms with E-state index >= 15 is 0 Å². The van der Waals surface area contributed by atoms with Gasteiger partial charge in [0.05, 0.1) is 0 Å². The van der Waals surface area contributed by atoms with E-state index in [0.717, 1.165) is 12.1 Å². The number of amides is 2. The van der Waals surface area contributed by atoms with Crippen molar-refractivity contribution in [2.45, 2.75) is 53.4 Å². The van der Waals surface area contributed by atoms with Crippen LogP contribution in [-0.2, 0) is 9.59 Å². The molecular formula is C19H30N2O2. The Hall–Kier alpha value is -1.84. The molecule has 0 saturated carbocycles. The van der Waals surface area contributed by atoms with Crippen LogP contribution in [0.4, 0.5) is 5.69 Å². The van der Waals surface area contributed by atoms with E-state index < -0.39 is 0 Å². The van der Waals surface area contributed by atoms with Crippen LogP contribution in [0.1, 0.15) is 58.9 Å². The number of nitrogens with one attached hydrogen (secondary N) is 1. The highest BCUT2D eigenvalue weighted by Gasteiger charge is 2.12. The molecule has 0 aliphatic rings. The molecule has 128 valence electrons. The molecule has 0 aromatic heterocycles. The fraction of sp³-hybridized carbons (Fsp3) is 0.579. The van der Waals surface area contributed by atoms with Crippen molar-refractivity contribution < 1.29 is 9.59 Å². The molecule has 0 unspecified atom stereocenters. The molecule has 0 fully saturated rings. The van der Waals surface area contributed by atoms with Gasteiger partial charge in [0.1, 0.15) is 0 Å². The third-order valence-corrected chi connectivity index (χ3v) is 3.89. The van der Waals surface area contributed by atoms with Crippen LogP contribution in [0.5, 0.6) is 0 Å². The van der Waals surface area contributed by atoms with Gasteiger partial charge < -0.3 is 10.2 Å². The highest BCUT2D eigenvalue weighted by Crippen LogP contribution is 2.17. The van der Waals surface area contributed by atoms with E-state index in [2.05, 4.69) is 33.0 Å². The van der Waals surface area contributed by atoms with Crippen molar-refractivity contribution in [3.8, 4) is 0 Å². The van der Waals surface area contributed by atoms with Gasteiger partial charge in [-0.2, -0.15) is 0 Å². The Morgan fingerprint density at radius 1 is 1.04 bits per heavy atom. The number of hydrogen-bond donors (Lipinski definition) is 1. The Balaban J connectivity index is 2.47. The lowest BCUT2D eigenvalue weighted by atomic mass is 10.0. The zero-order valence-corrected chi connectivity index (χ0v) is 15.1. The lowest BCUT2D eigenvalue weighted by Gasteiger charge is -2.21. The molecule has 0 heterocycles. The standard InChI is InChI=1S/C19H30N2O2/c1-14(2)10-12-21(16(5)22)13-11-19(23)20-18-8-6-17(7-9-18)15(3)4/h6-9,14-15H,10-13H2,1-5H3,(H,20,23). The first-order valence-corrected chi connectivity index (χ1v) is 8.45. The zero-order chi connectivity index (χ0) is 17.4. The second-order valence-corrected chi connectivity index (χ2v) is 6.76. The van der Waals surface area contributed by atoms with Gasteiger partial charge in [-0.15, -0.1) is 0 Å². The first-order valence-electron chi connectivity index (χ1n) is 8.45. The fourth-order valence-corrected chi connectivity index (χ4v) is 2.25. The van der Waals surface area contributed by atoms with Crippen molar-refractivity contribution in [1.29, 1.82) is 0 Å². The first kappa shape index (κ1) is 19.2. The molecular weight excluding hydrogens is 288 g/mol. The summed E-state index contributed by atoms with van der Waals surface area (Å²) >= 11 is 0. The number of carbonyl (C=O) groups is 2. The minimum Gasteiger partial charge on any atom is -0.342 e. The van der Waals surface area contributed by atoms with E-state index in [9.17, 15) is 9.59 Å². The van der Waals surface area contributed by atoms with Crippen molar-refractivity contribution in [3.63, 3.8) is 0 Å². The Labute approximate surface area is 140 Å². The monoisotopic (exact) mass is 318 g/mol. The van der Waals surface area contributed by atoms with Crippen LogP contribution in [0.2, 0.25) is 0 Å². The molecule has 23 heavy (non-hydrogen) atoms. The molecule has 1 rings (SSSR count). The van der Waals surface area contributed by atoms with Gasteiger partial charge in [-0.3, -0.25) is 9.59 Å². The molecule has 0 spiro atoms. The molecule has 1 N–H and O–H groups in total. The van der Waals surface area contributed by atoms with E-state index in [1.165, 1.54) is 5.56 Å². The van der Waals surface area contributed by atoms with Crippen LogP contribution in [0.3, 0.4) is 0 Å². The smallest absolute Gasteiger partial charge is 0.226 e. The summed E-state index contributed by atoms with van der Waals surface area (Å²) < 4.78 is 0. The molecule has 0 bridgehead atoms. The van der Waals surface area contributed by atoms with Gasteiger partial charge in [0, 0.05) is 32.1 Å². The van der Waals surface area contributed by atoms with Crippen molar-refractivity contribution in [3.05, 3.63) is 29.8 Å². The highest BCUT2D eigenvalue weighted by molar-refractivity contribution is 5.91. The van der Waals surface area contributed by atoms with E-state index in [4.69, 9.17) is 0 Å². The maximum atomic E-state index is 12.0. The average Bonchev–Trinajstić information content (AvgIpc) is 2.47. The highest BCUT2D eigenvalue weighted by atomic mass is 16.2. The lowest BCUT2D eigenvalue weighted by Crippen LogP contribution is -2.33. The van der Waals surface area contributed by atoms with Crippen molar-refractivity contribution in [2.75, 3.05) is 18.4 Å². The predicted molar refractivity (Wildman–Crippen MR) is 95.5 cm³/mol. The third-order valence-electron chi connectivity index (χ3n) is 3.89. The molecule has 1 aromatic carbocycles. The summed E-state index contributed by atoms with van der Waals surface area (Å²) in [4.78, 5) is 25.4. The molecule has 4 heteroatoms. The summed E-state index contributed by atoms with van der Waals surface area (Å²) in [7, 11) is 0. The summed E-state index contributed by atoms with van der Waals surface area (Å²) in [6.45, 7) is 11.3. The third kappa shape index (κ3) is 7.31. The zero-order valence-electron chi connectivity index (χ0n) is 15.1. The minimum absolute atomic E-state index is 0.0275. The van der Waals surface area contributed by atoms with E-state index in [1.54, 1.807) is 11.8 Å². The molecule has 0 atom stereocenters. The molecule has 0 aliphatic carbocycles. The quantitative estimate of drug-likeness (QED) is 0.786. The number of benzene rings is 1. The van der Waals surface area contributed by atoms with E-state index in [-0.39, 0.29) is 11.8 Å². The number of nitrogens with zero attached hydrogens (tertiary/aromatic N) is 1. The lowest BCUT2D eigenvalue weighted by molar-refractivity contribution is -0.129. The van der Waals surface area contributed by atoms with Gasteiger partial charge in [-0.1, -0.05) is 39.8 Å². The topological polar surface area (TPSA) is 49.4 Å². The van der Waals surface area contributed by atoms with E-state index in [0.29, 0.717) is 31.3 Å². The Morgan fingerprint density at radius 2 is 1.65 bits per heavy atom. The second kappa shape index (κ2) is 9.33. The minimum atomic E-state index is -0.0573. The molecule has 0 aliphatic heterocycles. The van der Waals surface area contributed by atoms with Crippen LogP contribution < -0.4 is 5.32 Å². The van der Waals surface area contributed by atoms with Gasteiger partial charge >= 0.3 is 0 Å². The summed E-state index contributed by atoms with van der Waals surface area (Å²) in [6, 6.07) is 7.92. The van der Waals surface area contributed by atoms with Crippen LogP contribution >= 0.6 is 0 Å². The SMILES string of the molecule is CC(=O)N(CCC(=O)Nc1ccc(C(C)C)cc1)CCC(C)C. The van der Waals surface area contributed by atoms with Gasteiger partial charge in [0.2, 0.25) is 11.8 Å². The van der Waals surface area contributed by atoms with Crippen LogP contribution in [0.25, 0.3) is 0 Å². The molecule has 4 nitrogen and oxygen atoms in total. The number of carbonyl (C=O) groups excluding carboxylic acids is 2. The largest absolute Gasteiger partial charge is 0.342 e. The van der Waals surface area contributed by atoms with Crippen LogP contribution in [-0.4, -0.2) is 29.8 Å². The van der Waals surface area contributed by atoms with Gasteiger partial charge in [-0.25, -0.2) is 0 Å². The number of rotatable bonds is 8.